The van der Waals surface area contributed by atoms with Gasteiger partial charge in [-0.1, -0.05) is 152 Å². The number of benzene rings is 7. The van der Waals surface area contributed by atoms with Crippen LogP contribution in [0.15, 0.2) is 158 Å². The highest BCUT2D eigenvalue weighted by Gasteiger charge is 2.42. The maximum atomic E-state index is 7.41. The molecule has 43 heavy (non-hydrogen) atoms. The summed E-state index contributed by atoms with van der Waals surface area (Å²) >= 11 is 0. The molecule has 1 heteroatoms. The Morgan fingerprint density at radius 2 is 1.07 bits per heavy atom. The van der Waals surface area contributed by atoms with Crippen LogP contribution >= 0.6 is 0 Å². The van der Waals surface area contributed by atoms with E-state index in [1.807, 2.05) is 0 Å². The van der Waals surface area contributed by atoms with Crippen LogP contribution in [0.1, 0.15) is 39.3 Å². The lowest BCUT2D eigenvalue weighted by Crippen LogP contribution is -2.34. The Hall–Kier alpha value is -5.40. The zero-order chi connectivity index (χ0) is 28.4. The maximum Gasteiger partial charge on any atom is 0.178 e. The Morgan fingerprint density at radius 3 is 1.77 bits per heavy atom. The molecule has 0 saturated heterocycles. The average Bonchev–Trinajstić information content (AvgIpc) is 3.45. The van der Waals surface area contributed by atoms with Crippen LogP contribution in [0.3, 0.4) is 0 Å². The van der Waals surface area contributed by atoms with Crippen LogP contribution in [-0.2, 0) is 5.60 Å². The number of fused-ring (bicyclic) bond motifs is 10. The topological polar surface area (TPSA) is 9.23 Å². The molecule has 1 unspecified atom stereocenters. The largest absolute Gasteiger partial charge is 0.472 e. The molecule has 2 aliphatic rings. The molecule has 1 atom stereocenters. The van der Waals surface area contributed by atoms with Gasteiger partial charge >= 0.3 is 0 Å². The minimum absolute atomic E-state index is 0.134. The van der Waals surface area contributed by atoms with E-state index in [2.05, 4.69) is 164 Å². The van der Waals surface area contributed by atoms with Crippen molar-refractivity contribution in [2.24, 2.45) is 0 Å². The lowest BCUT2D eigenvalue weighted by atomic mass is 9.81. The molecule has 202 valence electrons. The number of hydrogen-bond donors (Lipinski definition) is 0. The zero-order valence-corrected chi connectivity index (χ0v) is 23.6. The summed E-state index contributed by atoms with van der Waals surface area (Å²) in [6, 6.07) is 54.4. The molecule has 7 aromatic rings. The van der Waals surface area contributed by atoms with Crippen molar-refractivity contribution in [3.63, 3.8) is 0 Å². The molecule has 1 aliphatic heterocycles. The van der Waals surface area contributed by atoms with Crippen LogP contribution in [0.2, 0.25) is 0 Å². The van der Waals surface area contributed by atoms with Crippen molar-refractivity contribution in [1.82, 2.24) is 0 Å². The molecule has 1 nitrogen and oxygen atoms in total. The third-order valence-electron chi connectivity index (χ3n) is 9.34. The Kier molecular flexibility index (Phi) is 5.24. The van der Waals surface area contributed by atoms with Gasteiger partial charge in [0.05, 0.1) is 0 Å². The van der Waals surface area contributed by atoms with Gasteiger partial charge in [-0.3, -0.25) is 0 Å². The van der Waals surface area contributed by atoms with Crippen LogP contribution in [0, 0.1) is 0 Å². The van der Waals surface area contributed by atoms with Crippen molar-refractivity contribution in [2.45, 2.75) is 11.5 Å². The van der Waals surface area contributed by atoms with E-state index in [4.69, 9.17) is 4.74 Å². The predicted molar refractivity (Wildman–Crippen MR) is 178 cm³/mol. The number of hydrogen-bond acceptors (Lipinski definition) is 1. The van der Waals surface area contributed by atoms with Crippen LogP contribution in [0.25, 0.3) is 38.7 Å². The molecule has 0 spiro atoms. The van der Waals surface area contributed by atoms with Crippen molar-refractivity contribution < 1.29 is 4.74 Å². The molecule has 0 N–H and O–H groups in total. The highest BCUT2D eigenvalue weighted by atomic mass is 16.5. The summed E-state index contributed by atoms with van der Waals surface area (Å²) in [5.74, 6) is 1.08. The fourth-order valence-corrected chi connectivity index (χ4v) is 7.49. The van der Waals surface area contributed by atoms with Gasteiger partial charge in [0, 0.05) is 28.0 Å². The van der Waals surface area contributed by atoms with Crippen molar-refractivity contribution in [3.05, 3.63) is 191 Å². The third-order valence-corrected chi connectivity index (χ3v) is 9.34. The minimum Gasteiger partial charge on any atom is -0.472 e. The summed E-state index contributed by atoms with van der Waals surface area (Å²) in [7, 11) is 0. The van der Waals surface area contributed by atoms with Gasteiger partial charge in [-0.05, 0) is 56.1 Å². The van der Waals surface area contributed by atoms with E-state index in [-0.39, 0.29) is 5.92 Å². The van der Waals surface area contributed by atoms with E-state index in [0.717, 1.165) is 27.8 Å². The normalized spacial score (nSPS) is 16.0. The Labute approximate surface area is 251 Å². The third kappa shape index (κ3) is 3.46. The molecule has 0 saturated carbocycles. The average molecular weight is 549 g/mol. The summed E-state index contributed by atoms with van der Waals surface area (Å²) in [4.78, 5) is 0. The molecule has 0 bridgehead atoms. The molecule has 0 fully saturated rings. The minimum atomic E-state index is -0.744. The standard InChI is InChI=1S/C42H28O/c1-4-15-29(16-5-1)37-35-25-24-28-14-10-11-21-32(28)38(35)40-36-26-27-42(30-17-6-2-7-18-30,31-19-8-3-9-20-31)43-41(36)34-23-13-12-22-33(34)39(37)40/h1-27,37H. The molecule has 1 aliphatic carbocycles. The van der Waals surface area contributed by atoms with Crippen LogP contribution < -0.4 is 4.74 Å². The molecule has 1 heterocycles. The Morgan fingerprint density at radius 1 is 0.488 bits per heavy atom. The first-order valence-corrected chi connectivity index (χ1v) is 15.0. The lowest BCUT2D eigenvalue weighted by molar-refractivity contribution is 0.163. The van der Waals surface area contributed by atoms with E-state index < -0.39 is 5.60 Å². The van der Waals surface area contributed by atoms with Crippen molar-refractivity contribution in [2.75, 3.05) is 0 Å². The first kappa shape index (κ1) is 24.2. The second kappa shape index (κ2) is 9.31. The van der Waals surface area contributed by atoms with Gasteiger partial charge in [-0.2, -0.15) is 0 Å². The molecule has 0 amide bonds. The number of rotatable bonds is 3. The summed E-state index contributed by atoms with van der Waals surface area (Å²) in [5, 5.41) is 4.94. The summed E-state index contributed by atoms with van der Waals surface area (Å²) in [6.45, 7) is 0. The first-order valence-electron chi connectivity index (χ1n) is 15.0. The second-order valence-corrected chi connectivity index (χ2v) is 11.6. The lowest BCUT2D eigenvalue weighted by Gasteiger charge is -2.37. The van der Waals surface area contributed by atoms with Gasteiger partial charge in [0.25, 0.3) is 0 Å². The van der Waals surface area contributed by atoms with Crippen molar-refractivity contribution >= 4 is 27.6 Å². The van der Waals surface area contributed by atoms with Gasteiger partial charge < -0.3 is 4.74 Å². The predicted octanol–water partition coefficient (Wildman–Crippen LogP) is 10.5. The zero-order valence-electron chi connectivity index (χ0n) is 23.6. The van der Waals surface area contributed by atoms with E-state index in [1.54, 1.807) is 0 Å². The second-order valence-electron chi connectivity index (χ2n) is 11.6. The molecule has 7 aromatic carbocycles. The van der Waals surface area contributed by atoms with E-state index in [0.29, 0.717) is 0 Å². The monoisotopic (exact) mass is 548 g/mol. The molecule has 0 radical (unpaired) electrons. The van der Waals surface area contributed by atoms with Crippen molar-refractivity contribution in [3.8, 4) is 16.9 Å². The summed E-state index contributed by atoms with van der Waals surface area (Å²) in [6.07, 6.45) is 4.61. The quantitative estimate of drug-likeness (QED) is 0.213. The van der Waals surface area contributed by atoms with Gasteiger partial charge in [0.15, 0.2) is 5.60 Å². The maximum absolute atomic E-state index is 7.41. The highest BCUT2D eigenvalue weighted by Crippen LogP contribution is 2.59. The van der Waals surface area contributed by atoms with Gasteiger partial charge in [0.2, 0.25) is 0 Å². The first-order chi connectivity index (χ1) is 21.3. The van der Waals surface area contributed by atoms with Crippen LogP contribution in [0.4, 0.5) is 0 Å². The Bertz CT molecular complexity index is 2150. The molecular weight excluding hydrogens is 520 g/mol. The van der Waals surface area contributed by atoms with Gasteiger partial charge in [-0.15, -0.1) is 0 Å². The molecule has 9 rings (SSSR count). The summed E-state index contributed by atoms with van der Waals surface area (Å²) < 4.78 is 7.41. The van der Waals surface area contributed by atoms with Crippen molar-refractivity contribution in [1.29, 1.82) is 0 Å². The fraction of sp³-hybridized carbons (Fsp3) is 0.0476. The smallest absolute Gasteiger partial charge is 0.178 e. The van der Waals surface area contributed by atoms with E-state index >= 15 is 0 Å². The van der Waals surface area contributed by atoms with Crippen LogP contribution in [-0.4, -0.2) is 0 Å². The summed E-state index contributed by atoms with van der Waals surface area (Å²) in [5.41, 5.74) is 9.29. The van der Waals surface area contributed by atoms with E-state index in [9.17, 15) is 0 Å². The SMILES string of the molecule is C1=CC(c2ccccc2)(c2ccccc2)Oc2c1c1c(c3ccccc23)C(c2ccccc2)c2ccc3ccccc3c2-1. The van der Waals surface area contributed by atoms with E-state index in [1.165, 1.54) is 44.0 Å². The molecular formula is C42H28O. The van der Waals surface area contributed by atoms with Gasteiger partial charge in [0.1, 0.15) is 5.75 Å². The number of ether oxygens (including phenoxy) is 1. The van der Waals surface area contributed by atoms with Gasteiger partial charge in [-0.25, -0.2) is 0 Å². The fourth-order valence-electron chi connectivity index (χ4n) is 7.49. The molecule has 0 aromatic heterocycles. The highest BCUT2D eigenvalue weighted by molar-refractivity contribution is 6.11. The van der Waals surface area contributed by atoms with Crippen LogP contribution in [0.5, 0.6) is 5.75 Å². The Balaban J connectivity index is 1.41.